The van der Waals surface area contributed by atoms with Gasteiger partial charge in [-0.05, 0) is 24.5 Å². The van der Waals surface area contributed by atoms with E-state index in [2.05, 4.69) is 0 Å². The van der Waals surface area contributed by atoms with E-state index in [1.165, 1.54) is 4.90 Å². The lowest BCUT2D eigenvalue weighted by Crippen LogP contribution is -2.27. The highest BCUT2D eigenvalue weighted by Crippen LogP contribution is 2.38. The Labute approximate surface area is 146 Å². The molecule has 1 aromatic rings. The van der Waals surface area contributed by atoms with Crippen molar-refractivity contribution in [3.8, 4) is 0 Å². The van der Waals surface area contributed by atoms with Crippen molar-refractivity contribution in [1.29, 1.82) is 0 Å². The summed E-state index contributed by atoms with van der Waals surface area (Å²) in [6.45, 7) is 0.0467. The SMILES string of the molecule is O=[N+]([O-])c1cc(S(=O)(=O)C(F)(F)F)ccc1N1CC[C@@H](C(CO)CO)C1. The van der Waals surface area contributed by atoms with Crippen molar-refractivity contribution in [3.05, 3.63) is 28.3 Å². The summed E-state index contributed by atoms with van der Waals surface area (Å²) in [5.74, 6) is -0.563. The quantitative estimate of drug-likeness (QED) is 0.547. The van der Waals surface area contributed by atoms with Crippen LogP contribution >= 0.6 is 0 Å². The maximum atomic E-state index is 12.7. The second kappa shape index (κ2) is 7.37. The summed E-state index contributed by atoms with van der Waals surface area (Å²) in [4.78, 5) is 10.7. The third-order valence-corrected chi connectivity index (χ3v) is 5.94. The van der Waals surface area contributed by atoms with Gasteiger partial charge in [0, 0.05) is 38.3 Å². The van der Waals surface area contributed by atoms with E-state index in [0.717, 1.165) is 6.07 Å². The number of hydrogen-bond acceptors (Lipinski definition) is 7. The molecule has 0 spiro atoms. The average molecular weight is 398 g/mol. The summed E-state index contributed by atoms with van der Waals surface area (Å²) >= 11 is 0. The van der Waals surface area contributed by atoms with E-state index in [9.17, 15) is 41.9 Å². The molecule has 0 unspecified atom stereocenters. The van der Waals surface area contributed by atoms with Crippen LogP contribution in [0.1, 0.15) is 6.42 Å². The molecule has 1 saturated heterocycles. The van der Waals surface area contributed by atoms with E-state index < -0.39 is 36.8 Å². The summed E-state index contributed by atoms with van der Waals surface area (Å²) < 4.78 is 60.9. The molecule has 0 aromatic heterocycles. The Morgan fingerprint density at radius 1 is 1.31 bits per heavy atom. The summed E-state index contributed by atoms with van der Waals surface area (Å²) in [5, 5.41) is 29.7. The molecule has 0 aliphatic carbocycles. The van der Waals surface area contributed by atoms with Crippen molar-refractivity contribution in [1.82, 2.24) is 0 Å². The largest absolute Gasteiger partial charge is 0.501 e. The van der Waals surface area contributed by atoms with Crippen molar-refractivity contribution in [2.75, 3.05) is 31.2 Å². The highest BCUT2D eigenvalue weighted by atomic mass is 32.2. The third kappa shape index (κ3) is 3.76. The molecule has 1 aromatic carbocycles. The van der Waals surface area contributed by atoms with Gasteiger partial charge in [-0.3, -0.25) is 10.1 Å². The number of hydrogen-bond donors (Lipinski definition) is 2. The summed E-state index contributed by atoms with van der Waals surface area (Å²) in [5.41, 5.74) is -6.31. The molecule has 1 aliphatic rings. The van der Waals surface area contributed by atoms with Crippen LogP contribution in [-0.2, 0) is 9.84 Å². The Balaban J connectivity index is 2.39. The lowest BCUT2D eigenvalue weighted by molar-refractivity contribution is -0.384. The first-order valence-corrected chi connectivity index (χ1v) is 9.07. The predicted molar refractivity (Wildman–Crippen MR) is 84.3 cm³/mol. The van der Waals surface area contributed by atoms with Crippen molar-refractivity contribution < 1.29 is 36.7 Å². The van der Waals surface area contributed by atoms with E-state index >= 15 is 0 Å². The van der Waals surface area contributed by atoms with Gasteiger partial charge in [0.15, 0.2) is 0 Å². The van der Waals surface area contributed by atoms with Gasteiger partial charge in [0.05, 0.1) is 9.82 Å². The van der Waals surface area contributed by atoms with Crippen LogP contribution in [-0.4, -0.2) is 55.4 Å². The lowest BCUT2D eigenvalue weighted by Gasteiger charge is -2.22. The van der Waals surface area contributed by atoms with E-state index in [0.29, 0.717) is 25.1 Å². The van der Waals surface area contributed by atoms with Crippen LogP contribution in [0.2, 0.25) is 0 Å². The number of sulfone groups is 1. The number of aliphatic hydroxyl groups excluding tert-OH is 2. The highest BCUT2D eigenvalue weighted by Gasteiger charge is 2.47. The topological polar surface area (TPSA) is 121 Å². The summed E-state index contributed by atoms with van der Waals surface area (Å²) in [7, 11) is -5.69. The smallest absolute Gasteiger partial charge is 0.396 e. The Hall–Kier alpha value is -1.92. The summed E-state index contributed by atoms with van der Waals surface area (Å²) in [6.07, 6.45) is 0.519. The molecule has 1 atom stereocenters. The average Bonchev–Trinajstić information content (AvgIpc) is 3.04. The molecular formula is C14H17F3N2O6S. The molecule has 8 nitrogen and oxygen atoms in total. The van der Waals surface area contributed by atoms with Gasteiger partial charge in [-0.2, -0.15) is 13.2 Å². The fourth-order valence-electron chi connectivity index (χ4n) is 2.96. The zero-order valence-electron chi connectivity index (χ0n) is 13.4. The van der Waals surface area contributed by atoms with Gasteiger partial charge in [0.25, 0.3) is 15.5 Å². The Kier molecular flexibility index (Phi) is 5.78. The minimum absolute atomic E-state index is 0.00625. The molecule has 1 aliphatic heterocycles. The van der Waals surface area contributed by atoms with Crippen molar-refractivity contribution >= 4 is 21.2 Å². The second-order valence-corrected chi connectivity index (χ2v) is 7.92. The molecule has 26 heavy (non-hydrogen) atoms. The number of nitro benzene ring substituents is 1. The normalized spacial score (nSPS) is 18.5. The molecule has 12 heteroatoms. The molecular weight excluding hydrogens is 381 g/mol. The first kappa shape index (κ1) is 20.4. The standard InChI is InChI=1S/C14H17F3N2O6S/c15-14(16,17)26(24,25)11-1-2-12(13(5-11)19(22)23)18-4-3-9(6-18)10(7-20)8-21/h1-2,5,9-10,20-21H,3-4,6-8H2/t9-/m1/s1. The molecule has 0 radical (unpaired) electrons. The number of alkyl halides is 3. The van der Waals surface area contributed by atoms with Crippen LogP contribution in [0.15, 0.2) is 23.1 Å². The number of benzene rings is 1. The molecule has 2 rings (SSSR count). The van der Waals surface area contributed by atoms with E-state index in [1.807, 2.05) is 0 Å². The van der Waals surface area contributed by atoms with Gasteiger partial charge in [-0.15, -0.1) is 0 Å². The molecule has 2 N–H and O–H groups in total. The molecule has 1 fully saturated rings. The Morgan fingerprint density at radius 3 is 2.42 bits per heavy atom. The van der Waals surface area contributed by atoms with Crippen LogP contribution < -0.4 is 4.90 Å². The van der Waals surface area contributed by atoms with Crippen molar-refractivity contribution in [2.45, 2.75) is 16.8 Å². The monoisotopic (exact) mass is 398 g/mol. The minimum atomic E-state index is -5.69. The first-order valence-electron chi connectivity index (χ1n) is 7.59. The van der Waals surface area contributed by atoms with E-state index in [1.54, 1.807) is 0 Å². The summed E-state index contributed by atoms with van der Waals surface area (Å²) in [6, 6.07) is 2.07. The number of halogens is 3. The number of aliphatic hydroxyl groups is 2. The van der Waals surface area contributed by atoms with Gasteiger partial charge in [-0.1, -0.05) is 0 Å². The predicted octanol–water partition coefficient (Wildman–Crippen LogP) is 1.32. The van der Waals surface area contributed by atoms with Crippen LogP contribution in [0.4, 0.5) is 24.5 Å². The van der Waals surface area contributed by atoms with Gasteiger partial charge >= 0.3 is 5.51 Å². The maximum absolute atomic E-state index is 12.7. The first-order chi connectivity index (χ1) is 12.0. The van der Waals surface area contributed by atoms with Crippen LogP contribution in [0.3, 0.4) is 0 Å². The molecule has 0 bridgehead atoms. The zero-order chi connectivity index (χ0) is 19.7. The van der Waals surface area contributed by atoms with Crippen molar-refractivity contribution in [2.24, 2.45) is 11.8 Å². The number of anilines is 1. The second-order valence-electron chi connectivity index (χ2n) is 5.98. The van der Waals surface area contributed by atoms with Crippen LogP contribution in [0.5, 0.6) is 0 Å². The molecule has 1 heterocycles. The number of rotatable bonds is 6. The highest BCUT2D eigenvalue weighted by molar-refractivity contribution is 7.92. The fourth-order valence-corrected chi connectivity index (χ4v) is 3.75. The van der Waals surface area contributed by atoms with Crippen molar-refractivity contribution in [3.63, 3.8) is 0 Å². The Morgan fingerprint density at radius 2 is 1.92 bits per heavy atom. The third-order valence-electron chi connectivity index (χ3n) is 4.46. The maximum Gasteiger partial charge on any atom is 0.501 e. The lowest BCUT2D eigenvalue weighted by atomic mass is 9.93. The molecule has 0 amide bonds. The van der Waals surface area contributed by atoms with E-state index in [4.69, 9.17) is 0 Å². The minimum Gasteiger partial charge on any atom is -0.396 e. The van der Waals surface area contributed by atoms with Gasteiger partial charge in [0.2, 0.25) is 0 Å². The molecule has 146 valence electrons. The van der Waals surface area contributed by atoms with Crippen LogP contribution in [0, 0.1) is 22.0 Å². The van der Waals surface area contributed by atoms with Gasteiger partial charge < -0.3 is 15.1 Å². The van der Waals surface area contributed by atoms with Gasteiger partial charge in [0.1, 0.15) is 5.69 Å². The number of nitrogens with zero attached hydrogens (tertiary/aromatic N) is 2. The fraction of sp³-hybridized carbons (Fsp3) is 0.571. The van der Waals surface area contributed by atoms with Crippen LogP contribution in [0.25, 0.3) is 0 Å². The molecule has 0 saturated carbocycles. The Bertz CT molecular complexity index is 779. The number of nitro groups is 1. The van der Waals surface area contributed by atoms with Gasteiger partial charge in [-0.25, -0.2) is 8.42 Å². The van der Waals surface area contributed by atoms with E-state index in [-0.39, 0.29) is 31.4 Å². The zero-order valence-corrected chi connectivity index (χ0v) is 14.2.